The number of carbonyl (C=O) groups is 2. The summed E-state index contributed by atoms with van der Waals surface area (Å²) in [5.74, 6) is -0.221. The molecule has 3 heteroatoms. The van der Waals surface area contributed by atoms with E-state index < -0.39 is 6.10 Å². The van der Waals surface area contributed by atoms with Crippen LogP contribution >= 0.6 is 0 Å². The van der Waals surface area contributed by atoms with Crippen molar-refractivity contribution in [2.75, 3.05) is 0 Å². The van der Waals surface area contributed by atoms with E-state index >= 15 is 0 Å². The Morgan fingerprint density at radius 2 is 1.89 bits per heavy atom. The van der Waals surface area contributed by atoms with Crippen LogP contribution in [0.2, 0.25) is 0 Å². The van der Waals surface area contributed by atoms with Crippen LogP contribution in [0.25, 0.3) is 0 Å². The molecule has 0 saturated carbocycles. The van der Waals surface area contributed by atoms with Crippen LogP contribution in [0.1, 0.15) is 33.6 Å². The predicted molar refractivity (Wildman–Crippen MR) is 71.1 cm³/mol. The van der Waals surface area contributed by atoms with E-state index in [4.69, 9.17) is 0 Å². The molecule has 0 aromatic carbocycles. The molecule has 0 fully saturated rings. The van der Waals surface area contributed by atoms with Gasteiger partial charge < -0.3 is 5.11 Å². The van der Waals surface area contributed by atoms with Crippen LogP contribution in [0, 0.1) is 5.92 Å². The van der Waals surface area contributed by atoms with E-state index in [0.29, 0.717) is 24.0 Å². The first-order valence-corrected chi connectivity index (χ1v) is 6.15. The summed E-state index contributed by atoms with van der Waals surface area (Å²) in [6.45, 7) is 9.00. The van der Waals surface area contributed by atoms with Crippen LogP contribution in [-0.2, 0) is 9.59 Å². The Bertz CT molecular complexity index is 441. The lowest BCUT2D eigenvalue weighted by molar-refractivity contribution is -0.115. The predicted octanol–water partition coefficient (Wildman–Crippen LogP) is 2.36. The zero-order valence-corrected chi connectivity index (χ0v) is 11.2. The average molecular weight is 248 g/mol. The van der Waals surface area contributed by atoms with E-state index in [0.717, 1.165) is 5.57 Å². The van der Waals surface area contributed by atoms with Gasteiger partial charge in [0.05, 0.1) is 6.10 Å². The molecule has 0 saturated heterocycles. The van der Waals surface area contributed by atoms with Crippen molar-refractivity contribution in [1.82, 2.24) is 0 Å². The molecule has 0 spiro atoms. The van der Waals surface area contributed by atoms with E-state index in [-0.39, 0.29) is 17.5 Å². The van der Waals surface area contributed by atoms with Crippen molar-refractivity contribution in [3.8, 4) is 0 Å². The van der Waals surface area contributed by atoms with E-state index in [1.165, 1.54) is 12.2 Å². The Hall–Kier alpha value is -1.48. The van der Waals surface area contributed by atoms with Crippen LogP contribution in [0.4, 0.5) is 0 Å². The molecule has 2 unspecified atom stereocenters. The molecule has 0 amide bonds. The van der Waals surface area contributed by atoms with Gasteiger partial charge in [-0.3, -0.25) is 9.59 Å². The molecule has 3 nitrogen and oxygen atoms in total. The summed E-state index contributed by atoms with van der Waals surface area (Å²) in [6, 6.07) is 0. The quantitative estimate of drug-likeness (QED) is 0.600. The van der Waals surface area contributed by atoms with E-state index in [2.05, 4.69) is 6.58 Å². The first kappa shape index (κ1) is 14.6. The number of ketones is 2. The van der Waals surface area contributed by atoms with Gasteiger partial charge >= 0.3 is 0 Å². The summed E-state index contributed by atoms with van der Waals surface area (Å²) in [5.41, 5.74) is 1.75. The highest BCUT2D eigenvalue weighted by Gasteiger charge is 2.22. The lowest BCUT2D eigenvalue weighted by Gasteiger charge is -2.18. The van der Waals surface area contributed by atoms with Crippen LogP contribution in [0.3, 0.4) is 0 Å². The minimum absolute atomic E-state index is 0.0280. The van der Waals surface area contributed by atoms with Crippen molar-refractivity contribution in [2.24, 2.45) is 5.92 Å². The van der Waals surface area contributed by atoms with Gasteiger partial charge in [0.1, 0.15) is 0 Å². The van der Waals surface area contributed by atoms with Crippen LogP contribution < -0.4 is 0 Å². The van der Waals surface area contributed by atoms with Gasteiger partial charge in [0.15, 0.2) is 11.6 Å². The molecular weight excluding hydrogens is 228 g/mol. The Morgan fingerprint density at radius 1 is 1.28 bits per heavy atom. The van der Waals surface area contributed by atoms with Crippen LogP contribution in [0.15, 0.2) is 35.5 Å². The summed E-state index contributed by atoms with van der Waals surface area (Å²) >= 11 is 0. The Labute approximate surface area is 108 Å². The first-order chi connectivity index (χ1) is 8.32. The van der Waals surface area contributed by atoms with Gasteiger partial charge in [0.2, 0.25) is 0 Å². The largest absolute Gasteiger partial charge is 0.389 e. The van der Waals surface area contributed by atoms with Gasteiger partial charge in [-0.25, -0.2) is 0 Å². The summed E-state index contributed by atoms with van der Waals surface area (Å²) < 4.78 is 0. The van der Waals surface area contributed by atoms with Crippen LogP contribution in [-0.4, -0.2) is 22.8 Å². The summed E-state index contributed by atoms with van der Waals surface area (Å²) in [5, 5.41) is 9.65. The minimum atomic E-state index is -0.542. The van der Waals surface area contributed by atoms with Crippen molar-refractivity contribution >= 4 is 11.6 Å². The second kappa shape index (κ2) is 5.91. The fourth-order valence-corrected chi connectivity index (χ4v) is 1.87. The van der Waals surface area contributed by atoms with Crippen molar-refractivity contribution in [3.63, 3.8) is 0 Å². The summed E-state index contributed by atoms with van der Waals surface area (Å²) in [6.07, 6.45) is 3.49. The molecule has 18 heavy (non-hydrogen) atoms. The zero-order valence-electron chi connectivity index (χ0n) is 11.2. The minimum Gasteiger partial charge on any atom is -0.389 e. The van der Waals surface area contributed by atoms with E-state index in [9.17, 15) is 14.7 Å². The number of aliphatic hydroxyl groups excluding tert-OH is 1. The molecule has 0 bridgehead atoms. The summed E-state index contributed by atoms with van der Waals surface area (Å²) in [7, 11) is 0. The monoisotopic (exact) mass is 248 g/mol. The highest BCUT2D eigenvalue weighted by atomic mass is 16.3. The van der Waals surface area contributed by atoms with Crippen molar-refractivity contribution in [2.45, 2.75) is 39.7 Å². The number of allylic oxidation sites excluding steroid dienone is 4. The molecule has 98 valence electrons. The maximum absolute atomic E-state index is 11.8. The summed E-state index contributed by atoms with van der Waals surface area (Å²) in [4.78, 5) is 23.3. The van der Waals surface area contributed by atoms with Gasteiger partial charge in [0, 0.05) is 11.1 Å². The molecule has 0 heterocycles. The van der Waals surface area contributed by atoms with Gasteiger partial charge in [0.25, 0.3) is 0 Å². The number of aliphatic hydroxyl groups is 1. The van der Waals surface area contributed by atoms with E-state index in [1.54, 1.807) is 13.8 Å². The molecule has 1 aliphatic carbocycles. The second-order valence-electron chi connectivity index (χ2n) is 5.00. The molecule has 0 aliphatic heterocycles. The Kier molecular flexibility index (Phi) is 4.79. The third-order valence-corrected chi connectivity index (χ3v) is 3.28. The molecule has 0 radical (unpaired) electrons. The highest BCUT2D eigenvalue weighted by Crippen LogP contribution is 2.24. The first-order valence-electron chi connectivity index (χ1n) is 6.15. The maximum atomic E-state index is 11.8. The normalized spacial score (nSPS) is 19.1. The average Bonchev–Trinajstić information content (AvgIpc) is 2.30. The maximum Gasteiger partial charge on any atom is 0.182 e. The number of hydrogen-bond donors (Lipinski definition) is 1. The number of carbonyl (C=O) groups excluding carboxylic acids is 2. The lowest BCUT2D eigenvalue weighted by atomic mass is 9.86. The number of rotatable bonds is 5. The third-order valence-electron chi connectivity index (χ3n) is 3.28. The lowest BCUT2D eigenvalue weighted by Crippen LogP contribution is -2.18. The Morgan fingerprint density at radius 3 is 2.44 bits per heavy atom. The smallest absolute Gasteiger partial charge is 0.182 e. The van der Waals surface area contributed by atoms with Crippen molar-refractivity contribution < 1.29 is 14.7 Å². The highest BCUT2D eigenvalue weighted by molar-refractivity contribution is 6.19. The number of hydrogen-bond acceptors (Lipinski definition) is 3. The van der Waals surface area contributed by atoms with Crippen molar-refractivity contribution in [3.05, 3.63) is 35.5 Å². The fourth-order valence-electron chi connectivity index (χ4n) is 1.87. The molecule has 1 aliphatic rings. The van der Waals surface area contributed by atoms with Crippen LogP contribution in [0.5, 0.6) is 0 Å². The molecular formula is C15H20O3. The molecule has 0 aromatic heterocycles. The fraction of sp³-hybridized carbons (Fsp3) is 0.467. The molecule has 0 aromatic rings. The van der Waals surface area contributed by atoms with Crippen molar-refractivity contribution in [1.29, 1.82) is 0 Å². The van der Waals surface area contributed by atoms with Gasteiger partial charge in [-0.2, -0.15) is 0 Å². The molecule has 2 atom stereocenters. The third kappa shape index (κ3) is 3.50. The second-order valence-corrected chi connectivity index (χ2v) is 5.00. The Balaban J connectivity index is 2.65. The topological polar surface area (TPSA) is 54.4 Å². The molecule has 1 N–H and O–H groups in total. The zero-order chi connectivity index (χ0) is 13.9. The SMILES string of the molecule is C=C(C)C(O)CCC(C)C1=CC(=O)C(C)=CC1=O. The van der Waals surface area contributed by atoms with E-state index in [1.807, 2.05) is 6.92 Å². The van der Waals surface area contributed by atoms with Gasteiger partial charge in [-0.15, -0.1) is 0 Å². The van der Waals surface area contributed by atoms with Gasteiger partial charge in [-0.05, 0) is 44.8 Å². The molecule has 1 rings (SSSR count). The van der Waals surface area contributed by atoms with Gasteiger partial charge in [-0.1, -0.05) is 19.1 Å². The standard InChI is InChI=1S/C15H20O3/c1-9(2)13(16)6-5-10(3)12-8-14(17)11(4)7-15(12)18/h7-8,10,13,16H,1,5-6H2,2-4H3.